The van der Waals surface area contributed by atoms with Crippen LogP contribution in [0.4, 0.5) is 4.39 Å². The summed E-state index contributed by atoms with van der Waals surface area (Å²) in [5, 5.41) is 10.2. The Morgan fingerprint density at radius 3 is 2.69 bits per heavy atom. The maximum absolute atomic E-state index is 13.6. The average molecular weight is 289 g/mol. The lowest BCUT2D eigenvalue weighted by molar-refractivity contribution is 0.00561. The van der Waals surface area contributed by atoms with E-state index in [0.29, 0.717) is 23.2 Å². The van der Waals surface area contributed by atoms with Gasteiger partial charge in [-0.1, -0.05) is 22.0 Å². The summed E-state index contributed by atoms with van der Waals surface area (Å²) in [4.78, 5) is 0. The zero-order valence-electron chi connectivity index (χ0n) is 8.83. The number of hydrogen-bond acceptors (Lipinski definition) is 2. The minimum atomic E-state index is -0.750. The predicted octanol–water partition coefficient (Wildman–Crippen LogP) is 3.05. The van der Waals surface area contributed by atoms with Crippen molar-refractivity contribution in [2.24, 2.45) is 5.92 Å². The zero-order valence-corrected chi connectivity index (χ0v) is 10.4. The Balaban J connectivity index is 2.22. The third kappa shape index (κ3) is 2.44. The van der Waals surface area contributed by atoms with Crippen LogP contribution in [0.3, 0.4) is 0 Å². The predicted molar refractivity (Wildman–Crippen MR) is 62.6 cm³/mol. The molecule has 16 heavy (non-hydrogen) atoms. The zero-order chi connectivity index (χ0) is 11.5. The Hall–Kier alpha value is -0.450. The van der Waals surface area contributed by atoms with Gasteiger partial charge >= 0.3 is 0 Å². The first-order valence-corrected chi connectivity index (χ1v) is 6.19. The summed E-state index contributed by atoms with van der Waals surface area (Å²) in [5.74, 6) is -0.268. The minimum absolute atomic E-state index is 0.0851. The number of hydrogen-bond donors (Lipinski definition) is 1. The van der Waals surface area contributed by atoms with Crippen molar-refractivity contribution in [3.05, 3.63) is 34.1 Å². The van der Waals surface area contributed by atoms with Crippen LogP contribution in [-0.2, 0) is 4.74 Å². The van der Waals surface area contributed by atoms with E-state index in [1.54, 1.807) is 12.1 Å². The van der Waals surface area contributed by atoms with E-state index in [2.05, 4.69) is 15.9 Å². The molecular weight excluding hydrogens is 275 g/mol. The summed E-state index contributed by atoms with van der Waals surface area (Å²) in [6, 6.07) is 4.75. The first kappa shape index (κ1) is 12.0. The highest BCUT2D eigenvalue weighted by Crippen LogP contribution is 2.35. The van der Waals surface area contributed by atoms with E-state index in [1.807, 2.05) is 0 Å². The van der Waals surface area contributed by atoms with Gasteiger partial charge in [0.2, 0.25) is 0 Å². The molecule has 1 heterocycles. The van der Waals surface area contributed by atoms with Gasteiger partial charge in [0.1, 0.15) is 5.82 Å². The van der Waals surface area contributed by atoms with Crippen LogP contribution < -0.4 is 0 Å². The molecule has 0 radical (unpaired) electrons. The molecule has 0 spiro atoms. The van der Waals surface area contributed by atoms with Gasteiger partial charge < -0.3 is 9.84 Å². The van der Waals surface area contributed by atoms with Gasteiger partial charge in [-0.2, -0.15) is 0 Å². The first-order chi connectivity index (χ1) is 7.70. The highest BCUT2D eigenvalue weighted by Gasteiger charge is 2.27. The first-order valence-electron chi connectivity index (χ1n) is 5.40. The fourth-order valence-electron chi connectivity index (χ4n) is 2.06. The van der Waals surface area contributed by atoms with Gasteiger partial charge in [0.25, 0.3) is 0 Å². The summed E-state index contributed by atoms with van der Waals surface area (Å²) in [5.41, 5.74) is 0.370. The summed E-state index contributed by atoms with van der Waals surface area (Å²) in [6.45, 7) is 1.29. The van der Waals surface area contributed by atoms with Crippen molar-refractivity contribution in [2.75, 3.05) is 13.2 Å². The summed E-state index contributed by atoms with van der Waals surface area (Å²) >= 11 is 3.28. The van der Waals surface area contributed by atoms with Crippen LogP contribution >= 0.6 is 15.9 Å². The van der Waals surface area contributed by atoms with Crippen molar-refractivity contribution in [1.29, 1.82) is 0 Å². The van der Waals surface area contributed by atoms with Crippen LogP contribution in [0.2, 0.25) is 0 Å². The number of benzene rings is 1. The number of aliphatic hydroxyl groups is 1. The molecule has 88 valence electrons. The highest BCUT2D eigenvalue weighted by atomic mass is 79.9. The minimum Gasteiger partial charge on any atom is -0.388 e. The van der Waals surface area contributed by atoms with E-state index in [1.165, 1.54) is 6.07 Å². The summed E-state index contributed by atoms with van der Waals surface area (Å²) in [7, 11) is 0. The van der Waals surface area contributed by atoms with E-state index in [9.17, 15) is 9.50 Å². The standard InChI is InChI=1S/C12H14BrFO2/c13-9-2-1-3-10(14)11(9)12(15)8-4-6-16-7-5-8/h1-3,8,12,15H,4-7H2. The molecule has 1 aliphatic heterocycles. The number of halogens is 2. The molecule has 1 aliphatic rings. The fraction of sp³-hybridized carbons (Fsp3) is 0.500. The van der Waals surface area contributed by atoms with Gasteiger partial charge in [-0.3, -0.25) is 0 Å². The highest BCUT2D eigenvalue weighted by molar-refractivity contribution is 9.10. The Morgan fingerprint density at radius 1 is 1.38 bits per heavy atom. The van der Waals surface area contributed by atoms with Crippen LogP contribution in [0, 0.1) is 11.7 Å². The maximum Gasteiger partial charge on any atom is 0.130 e. The van der Waals surface area contributed by atoms with Crippen molar-refractivity contribution in [1.82, 2.24) is 0 Å². The summed E-state index contributed by atoms with van der Waals surface area (Å²) in [6.07, 6.45) is 0.809. The topological polar surface area (TPSA) is 29.5 Å². The SMILES string of the molecule is OC(c1c(F)cccc1Br)C1CCOCC1. The molecule has 1 fully saturated rings. The van der Waals surface area contributed by atoms with E-state index < -0.39 is 6.10 Å². The smallest absolute Gasteiger partial charge is 0.130 e. The quantitative estimate of drug-likeness (QED) is 0.906. The van der Waals surface area contributed by atoms with Crippen molar-refractivity contribution < 1.29 is 14.2 Å². The average Bonchev–Trinajstić information content (AvgIpc) is 2.30. The molecule has 4 heteroatoms. The van der Waals surface area contributed by atoms with Crippen molar-refractivity contribution in [2.45, 2.75) is 18.9 Å². The Kier molecular flexibility index (Phi) is 3.95. The Morgan fingerprint density at radius 2 is 2.06 bits per heavy atom. The molecule has 0 bridgehead atoms. The molecule has 2 rings (SSSR count). The summed E-state index contributed by atoms with van der Waals surface area (Å²) < 4.78 is 19.5. The molecule has 1 saturated heterocycles. The molecule has 0 amide bonds. The molecule has 2 nitrogen and oxygen atoms in total. The monoisotopic (exact) mass is 288 g/mol. The lowest BCUT2D eigenvalue weighted by Crippen LogP contribution is -2.22. The molecule has 1 aromatic rings. The molecule has 0 aromatic heterocycles. The lowest BCUT2D eigenvalue weighted by atomic mass is 9.89. The second kappa shape index (κ2) is 5.25. The third-order valence-corrected chi connectivity index (χ3v) is 3.70. The van der Waals surface area contributed by atoms with Gasteiger partial charge in [-0.05, 0) is 30.9 Å². The second-order valence-electron chi connectivity index (χ2n) is 4.03. The number of rotatable bonds is 2. The van der Waals surface area contributed by atoms with Gasteiger partial charge in [-0.25, -0.2) is 4.39 Å². The maximum atomic E-state index is 13.6. The molecule has 1 unspecified atom stereocenters. The van der Waals surface area contributed by atoms with Crippen LogP contribution in [0.1, 0.15) is 24.5 Å². The van der Waals surface area contributed by atoms with Crippen LogP contribution in [0.25, 0.3) is 0 Å². The van der Waals surface area contributed by atoms with Crippen molar-refractivity contribution in [3.63, 3.8) is 0 Å². The van der Waals surface area contributed by atoms with E-state index in [0.717, 1.165) is 12.8 Å². The molecule has 1 N–H and O–H groups in total. The number of ether oxygens (including phenoxy) is 1. The van der Waals surface area contributed by atoms with E-state index in [4.69, 9.17) is 4.74 Å². The second-order valence-corrected chi connectivity index (χ2v) is 4.88. The van der Waals surface area contributed by atoms with Crippen LogP contribution in [0.5, 0.6) is 0 Å². The van der Waals surface area contributed by atoms with Crippen LogP contribution in [-0.4, -0.2) is 18.3 Å². The molecular formula is C12H14BrFO2. The normalized spacial score (nSPS) is 19.7. The Bertz CT molecular complexity index is 344. The van der Waals surface area contributed by atoms with Crippen LogP contribution in [0.15, 0.2) is 22.7 Å². The van der Waals surface area contributed by atoms with E-state index in [-0.39, 0.29) is 11.7 Å². The fourth-order valence-corrected chi connectivity index (χ4v) is 2.64. The van der Waals surface area contributed by atoms with Crippen molar-refractivity contribution >= 4 is 15.9 Å². The molecule has 1 aromatic carbocycles. The van der Waals surface area contributed by atoms with Crippen molar-refractivity contribution in [3.8, 4) is 0 Å². The molecule has 0 saturated carbocycles. The number of aliphatic hydroxyl groups excluding tert-OH is 1. The molecule has 1 atom stereocenters. The Labute approximate surface area is 103 Å². The molecule has 0 aliphatic carbocycles. The van der Waals surface area contributed by atoms with Gasteiger partial charge in [-0.15, -0.1) is 0 Å². The third-order valence-electron chi connectivity index (χ3n) is 3.01. The van der Waals surface area contributed by atoms with E-state index >= 15 is 0 Å². The van der Waals surface area contributed by atoms with Gasteiger partial charge in [0.15, 0.2) is 0 Å². The largest absolute Gasteiger partial charge is 0.388 e. The lowest BCUT2D eigenvalue weighted by Gasteiger charge is -2.27. The van der Waals surface area contributed by atoms with Gasteiger partial charge in [0, 0.05) is 23.2 Å². The van der Waals surface area contributed by atoms with Gasteiger partial charge in [0.05, 0.1) is 6.10 Å².